The molecule has 22 heavy (non-hydrogen) atoms. The summed E-state index contributed by atoms with van der Waals surface area (Å²) >= 11 is 0. The largest absolute Gasteiger partial charge is 0.355 e. The van der Waals surface area contributed by atoms with Crippen molar-refractivity contribution >= 4 is 22.7 Å². The van der Waals surface area contributed by atoms with E-state index >= 15 is 0 Å². The predicted molar refractivity (Wildman–Crippen MR) is 95.4 cm³/mol. The maximum absolute atomic E-state index is 3.49. The Balaban J connectivity index is 1.90. The summed E-state index contributed by atoms with van der Waals surface area (Å²) < 4.78 is 0. The first-order chi connectivity index (χ1) is 10.7. The highest BCUT2D eigenvalue weighted by Gasteiger charge is 2.05. The molecule has 0 heterocycles. The maximum atomic E-state index is 3.49. The summed E-state index contributed by atoms with van der Waals surface area (Å²) in [5, 5.41) is 6.97. The number of hydrogen-bond acceptors (Lipinski definition) is 2. The van der Waals surface area contributed by atoms with Gasteiger partial charge < -0.3 is 10.6 Å². The zero-order valence-electron chi connectivity index (χ0n) is 12.9. The molecule has 110 valence electrons. The first kappa shape index (κ1) is 14.2. The van der Waals surface area contributed by atoms with E-state index < -0.39 is 0 Å². The van der Waals surface area contributed by atoms with Crippen LogP contribution in [-0.2, 0) is 0 Å². The Hall–Kier alpha value is -2.74. The maximum Gasteiger partial charge on any atom is 0.0434 e. The Morgan fingerprint density at radius 2 is 0.955 bits per heavy atom. The summed E-state index contributed by atoms with van der Waals surface area (Å²) in [4.78, 5) is 0. The van der Waals surface area contributed by atoms with E-state index in [1.807, 2.05) is 36.4 Å². The van der Waals surface area contributed by atoms with Gasteiger partial charge in [-0.1, -0.05) is 42.5 Å². The summed E-state index contributed by atoms with van der Waals surface area (Å²) in [7, 11) is 0. The second kappa shape index (κ2) is 6.35. The molecule has 0 saturated heterocycles. The van der Waals surface area contributed by atoms with E-state index in [1.165, 1.54) is 11.1 Å². The molecular formula is C20H20N2. The van der Waals surface area contributed by atoms with Gasteiger partial charge in [0.1, 0.15) is 0 Å². The molecule has 2 N–H and O–H groups in total. The van der Waals surface area contributed by atoms with Crippen LogP contribution in [0.2, 0.25) is 0 Å². The first-order valence-electron chi connectivity index (χ1n) is 7.48. The van der Waals surface area contributed by atoms with Crippen molar-refractivity contribution in [1.29, 1.82) is 0 Å². The highest BCUT2D eigenvalue weighted by atomic mass is 14.9. The smallest absolute Gasteiger partial charge is 0.0434 e. The minimum absolute atomic E-state index is 1.10. The fourth-order valence-corrected chi connectivity index (χ4v) is 2.48. The molecule has 0 aromatic heterocycles. The van der Waals surface area contributed by atoms with E-state index in [0.29, 0.717) is 0 Å². The highest BCUT2D eigenvalue weighted by molar-refractivity contribution is 5.73. The van der Waals surface area contributed by atoms with Crippen molar-refractivity contribution < 1.29 is 0 Å². The molecule has 0 unspecified atom stereocenters. The van der Waals surface area contributed by atoms with E-state index in [4.69, 9.17) is 0 Å². The number of rotatable bonds is 4. The van der Waals surface area contributed by atoms with Gasteiger partial charge in [0.05, 0.1) is 0 Å². The average molecular weight is 288 g/mol. The molecular weight excluding hydrogens is 268 g/mol. The SMILES string of the molecule is Cc1cc(C)c(Nc2ccccc2)cc1Nc1ccccc1. The van der Waals surface area contributed by atoms with Gasteiger partial charge in [-0.2, -0.15) is 0 Å². The van der Waals surface area contributed by atoms with Crippen molar-refractivity contribution in [2.75, 3.05) is 10.6 Å². The summed E-state index contributed by atoms with van der Waals surface area (Å²) in [6.07, 6.45) is 0. The van der Waals surface area contributed by atoms with E-state index in [0.717, 1.165) is 22.7 Å². The Kier molecular flexibility index (Phi) is 4.10. The lowest BCUT2D eigenvalue weighted by molar-refractivity contribution is 1.35. The minimum atomic E-state index is 1.10. The quantitative estimate of drug-likeness (QED) is 0.635. The van der Waals surface area contributed by atoms with E-state index in [9.17, 15) is 0 Å². The summed E-state index contributed by atoms with van der Waals surface area (Å²) in [5.41, 5.74) is 6.91. The fraction of sp³-hybridized carbons (Fsp3) is 0.100. The third-order valence-corrected chi connectivity index (χ3v) is 3.68. The normalized spacial score (nSPS) is 10.3. The molecule has 0 aliphatic heterocycles. The minimum Gasteiger partial charge on any atom is -0.355 e. The molecule has 2 heteroatoms. The second-order valence-electron chi connectivity index (χ2n) is 5.46. The number of aryl methyl sites for hydroxylation is 2. The second-order valence-corrected chi connectivity index (χ2v) is 5.46. The standard InChI is InChI=1S/C20H20N2/c1-15-13-16(2)20(22-18-11-7-4-8-12-18)14-19(15)21-17-9-5-3-6-10-17/h3-14,21-22H,1-2H3. The van der Waals surface area contributed by atoms with Crippen molar-refractivity contribution in [2.24, 2.45) is 0 Å². The monoisotopic (exact) mass is 288 g/mol. The molecule has 2 nitrogen and oxygen atoms in total. The average Bonchev–Trinajstić information content (AvgIpc) is 2.54. The van der Waals surface area contributed by atoms with Gasteiger partial charge in [-0.05, 0) is 55.3 Å². The Morgan fingerprint density at radius 3 is 1.36 bits per heavy atom. The van der Waals surface area contributed by atoms with Crippen molar-refractivity contribution in [1.82, 2.24) is 0 Å². The van der Waals surface area contributed by atoms with Crippen LogP contribution in [0.25, 0.3) is 0 Å². The van der Waals surface area contributed by atoms with E-state index in [1.54, 1.807) is 0 Å². The van der Waals surface area contributed by atoms with Crippen LogP contribution in [0, 0.1) is 13.8 Å². The van der Waals surface area contributed by atoms with Crippen molar-refractivity contribution in [3.8, 4) is 0 Å². The molecule has 0 spiro atoms. The summed E-state index contributed by atoms with van der Waals surface area (Å²) in [6.45, 7) is 4.26. The lowest BCUT2D eigenvalue weighted by atomic mass is 10.1. The topological polar surface area (TPSA) is 24.1 Å². The number of nitrogens with one attached hydrogen (secondary N) is 2. The first-order valence-corrected chi connectivity index (χ1v) is 7.48. The van der Waals surface area contributed by atoms with Crippen LogP contribution in [0.5, 0.6) is 0 Å². The Labute approximate surface area is 131 Å². The molecule has 0 atom stereocenters. The van der Waals surface area contributed by atoms with E-state index in [-0.39, 0.29) is 0 Å². The zero-order valence-corrected chi connectivity index (χ0v) is 12.9. The molecule has 3 rings (SSSR count). The number of para-hydroxylation sites is 2. The van der Waals surface area contributed by atoms with Gasteiger partial charge in [0.15, 0.2) is 0 Å². The summed E-state index contributed by atoms with van der Waals surface area (Å²) in [5.74, 6) is 0. The van der Waals surface area contributed by atoms with Crippen molar-refractivity contribution in [3.05, 3.63) is 83.9 Å². The van der Waals surface area contributed by atoms with Crippen LogP contribution >= 0.6 is 0 Å². The Bertz CT molecular complexity index is 687. The third-order valence-electron chi connectivity index (χ3n) is 3.68. The lowest BCUT2D eigenvalue weighted by Crippen LogP contribution is -1.98. The lowest BCUT2D eigenvalue weighted by Gasteiger charge is -2.15. The van der Waals surface area contributed by atoms with Crippen molar-refractivity contribution in [3.63, 3.8) is 0 Å². The van der Waals surface area contributed by atoms with Gasteiger partial charge in [-0.25, -0.2) is 0 Å². The van der Waals surface area contributed by atoms with Gasteiger partial charge in [0.2, 0.25) is 0 Å². The molecule has 0 saturated carbocycles. The number of anilines is 4. The third kappa shape index (κ3) is 3.29. The van der Waals surface area contributed by atoms with Gasteiger partial charge in [0, 0.05) is 22.7 Å². The van der Waals surface area contributed by atoms with Crippen LogP contribution < -0.4 is 10.6 Å². The van der Waals surface area contributed by atoms with Crippen LogP contribution in [0.15, 0.2) is 72.8 Å². The van der Waals surface area contributed by atoms with E-state index in [2.05, 4.69) is 60.9 Å². The van der Waals surface area contributed by atoms with Gasteiger partial charge >= 0.3 is 0 Å². The zero-order chi connectivity index (χ0) is 15.4. The van der Waals surface area contributed by atoms with Crippen LogP contribution in [-0.4, -0.2) is 0 Å². The molecule has 0 amide bonds. The number of benzene rings is 3. The molecule has 0 bridgehead atoms. The van der Waals surface area contributed by atoms with Crippen LogP contribution in [0.1, 0.15) is 11.1 Å². The highest BCUT2D eigenvalue weighted by Crippen LogP contribution is 2.29. The van der Waals surface area contributed by atoms with Gasteiger partial charge in [0.25, 0.3) is 0 Å². The van der Waals surface area contributed by atoms with Crippen LogP contribution in [0.4, 0.5) is 22.7 Å². The summed E-state index contributed by atoms with van der Waals surface area (Å²) in [6, 6.07) is 24.9. The molecule has 3 aromatic carbocycles. The molecule has 3 aromatic rings. The molecule has 0 radical (unpaired) electrons. The molecule has 0 aliphatic carbocycles. The van der Waals surface area contributed by atoms with Gasteiger partial charge in [-0.3, -0.25) is 0 Å². The predicted octanol–water partition coefficient (Wildman–Crippen LogP) is 5.79. The van der Waals surface area contributed by atoms with Gasteiger partial charge in [-0.15, -0.1) is 0 Å². The van der Waals surface area contributed by atoms with Crippen molar-refractivity contribution in [2.45, 2.75) is 13.8 Å². The Morgan fingerprint density at radius 1 is 0.545 bits per heavy atom. The fourth-order valence-electron chi connectivity index (χ4n) is 2.48. The van der Waals surface area contributed by atoms with Crippen LogP contribution in [0.3, 0.4) is 0 Å². The molecule has 0 aliphatic rings. The molecule has 0 fully saturated rings. The number of hydrogen-bond donors (Lipinski definition) is 2.